The first kappa shape index (κ1) is 39.0. The van der Waals surface area contributed by atoms with Gasteiger partial charge in [0.15, 0.2) is 0 Å². The van der Waals surface area contributed by atoms with E-state index < -0.39 is 47.3 Å². The Hall–Kier alpha value is -5.43. The molecule has 1 atom stereocenters. The summed E-state index contributed by atoms with van der Waals surface area (Å²) in [5.74, 6) is -2.45. The number of hydrogen-bond donors (Lipinski definition) is 3. The third-order valence-corrected chi connectivity index (χ3v) is 6.93. The largest absolute Gasteiger partial charge is 0.480 e. The lowest BCUT2D eigenvalue weighted by molar-refractivity contribution is -0.148. The van der Waals surface area contributed by atoms with Gasteiger partial charge in [-0.15, -0.1) is 0 Å². The average Bonchev–Trinajstić information content (AvgIpc) is 2.99. The van der Waals surface area contributed by atoms with Crippen molar-refractivity contribution in [1.82, 2.24) is 15.5 Å². The number of amides is 3. The van der Waals surface area contributed by atoms with Crippen molar-refractivity contribution in [2.75, 3.05) is 7.05 Å². The number of guanidine groups is 1. The Kier molecular flexibility index (Phi) is 13.1. The second kappa shape index (κ2) is 16.8. The van der Waals surface area contributed by atoms with Gasteiger partial charge in [0.2, 0.25) is 11.9 Å². The molecule has 3 amide bonds. The fourth-order valence-corrected chi connectivity index (χ4v) is 4.52. The Bertz CT molecular complexity index is 1700. The van der Waals surface area contributed by atoms with Crippen LogP contribution in [0.4, 0.5) is 15.3 Å². The van der Waals surface area contributed by atoms with E-state index in [1.807, 2.05) is 6.07 Å². The molecule has 0 spiro atoms. The van der Waals surface area contributed by atoms with E-state index in [4.69, 9.17) is 25.8 Å². The lowest BCUT2D eigenvalue weighted by Gasteiger charge is -2.25. The molecule has 0 aliphatic heterocycles. The number of nitrogens with zero attached hydrogens (tertiary/aromatic N) is 2. The second-order valence-corrected chi connectivity index (χ2v) is 13.5. The van der Waals surface area contributed by atoms with Crippen molar-refractivity contribution < 1.29 is 43.3 Å². The smallest absolute Gasteiger partial charge is 0.414 e. The van der Waals surface area contributed by atoms with Crippen molar-refractivity contribution in [3.63, 3.8) is 0 Å². The fraction of sp³-hybridized carbons (Fsp3) is 0.333. The SMILES string of the molecule is CN(C(=O)Cc1ccc(OC(=O)c2ccc(N=C(NC(=O)OC(C)(C)C)NC(=O)OC(C)(C)C)cc2)cc1Cl)[C@@H](Cc1ccccc1)C(=O)O. The highest BCUT2D eigenvalue weighted by Crippen LogP contribution is 2.25. The molecule has 3 aromatic carbocycles. The lowest BCUT2D eigenvalue weighted by atomic mass is 10.0. The number of esters is 1. The van der Waals surface area contributed by atoms with Crippen LogP contribution in [-0.4, -0.2) is 70.3 Å². The predicted molar refractivity (Wildman–Crippen MR) is 187 cm³/mol. The van der Waals surface area contributed by atoms with Crippen LogP contribution in [0.15, 0.2) is 77.8 Å². The zero-order chi connectivity index (χ0) is 37.2. The summed E-state index contributed by atoms with van der Waals surface area (Å²) >= 11 is 6.42. The minimum absolute atomic E-state index is 0.115. The van der Waals surface area contributed by atoms with Gasteiger partial charge in [0.1, 0.15) is 23.0 Å². The number of halogens is 1. The average molecular weight is 709 g/mol. The highest BCUT2D eigenvalue weighted by Gasteiger charge is 2.27. The molecular formula is C36H41ClN4O9. The van der Waals surface area contributed by atoms with Gasteiger partial charge in [0.25, 0.3) is 0 Å². The highest BCUT2D eigenvalue weighted by atomic mass is 35.5. The maximum atomic E-state index is 13.0. The molecule has 0 saturated carbocycles. The van der Waals surface area contributed by atoms with Crippen molar-refractivity contribution in [3.8, 4) is 5.75 Å². The maximum Gasteiger partial charge on any atom is 0.414 e. The van der Waals surface area contributed by atoms with Gasteiger partial charge in [-0.3, -0.25) is 15.4 Å². The molecule has 0 unspecified atom stereocenters. The van der Waals surface area contributed by atoms with E-state index in [1.54, 1.807) is 65.8 Å². The number of rotatable bonds is 9. The summed E-state index contributed by atoms with van der Waals surface area (Å²) < 4.78 is 16.0. The topological polar surface area (TPSA) is 173 Å². The van der Waals surface area contributed by atoms with Crippen LogP contribution in [0.5, 0.6) is 5.75 Å². The molecule has 0 aliphatic rings. The molecule has 0 heterocycles. The molecule has 0 fully saturated rings. The van der Waals surface area contributed by atoms with Gasteiger partial charge in [0, 0.05) is 18.5 Å². The third-order valence-electron chi connectivity index (χ3n) is 6.58. The molecule has 0 saturated heterocycles. The van der Waals surface area contributed by atoms with Gasteiger partial charge < -0.3 is 24.2 Å². The van der Waals surface area contributed by atoms with E-state index in [0.29, 0.717) is 5.56 Å². The van der Waals surface area contributed by atoms with Gasteiger partial charge in [-0.2, -0.15) is 0 Å². The molecule has 0 aromatic heterocycles. The van der Waals surface area contributed by atoms with Gasteiger partial charge in [-0.25, -0.2) is 24.2 Å². The first-order chi connectivity index (χ1) is 23.3. The van der Waals surface area contributed by atoms with Crippen LogP contribution >= 0.6 is 11.6 Å². The van der Waals surface area contributed by atoms with E-state index in [1.165, 1.54) is 54.4 Å². The molecule has 3 aromatic rings. The summed E-state index contributed by atoms with van der Waals surface area (Å²) in [5.41, 5.74) is -0.00147. The number of carboxylic acid groups (broad SMARTS) is 1. The van der Waals surface area contributed by atoms with Gasteiger partial charge in [-0.1, -0.05) is 48.0 Å². The fourth-order valence-electron chi connectivity index (χ4n) is 4.28. The van der Waals surface area contributed by atoms with Crippen molar-refractivity contribution >= 4 is 53.3 Å². The molecule has 0 aliphatic carbocycles. The maximum absolute atomic E-state index is 13.0. The van der Waals surface area contributed by atoms with Crippen LogP contribution in [0.25, 0.3) is 0 Å². The summed E-state index contributed by atoms with van der Waals surface area (Å²) in [4.78, 5) is 68.0. The standard InChI is InChI=1S/C36H41ClN4O9/c1-35(2,3)49-33(46)39-32(40-34(47)50-36(4,5)6)38-25-16-13-23(14-17-25)31(45)48-26-18-15-24(27(37)21-26)20-29(42)41(7)28(30(43)44)19-22-11-9-8-10-12-22/h8-18,21,28H,19-20H2,1-7H3,(H,43,44)(H2,38,39,40,46,47)/t28-/m0/s1. The number of hydrogen-bond acceptors (Lipinski definition) is 9. The van der Waals surface area contributed by atoms with Crippen molar-refractivity contribution in [2.45, 2.75) is 71.6 Å². The molecule has 266 valence electrons. The number of aliphatic carboxylic acids is 1. The molecular weight excluding hydrogens is 668 g/mol. The van der Waals surface area contributed by atoms with Crippen LogP contribution < -0.4 is 15.4 Å². The molecule has 3 N–H and O–H groups in total. The van der Waals surface area contributed by atoms with Crippen LogP contribution in [0, 0.1) is 0 Å². The molecule has 13 nitrogen and oxygen atoms in total. The normalized spacial score (nSPS) is 11.8. The monoisotopic (exact) mass is 708 g/mol. The number of carbonyl (C=O) groups excluding carboxylic acids is 4. The summed E-state index contributed by atoms with van der Waals surface area (Å²) in [5, 5.41) is 14.7. The van der Waals surface area contributed by atoms with E-state index >= 15 is 0 Å². The number of benzene rings is 3. The van der Waals surface area contributed by atoms with Gasteiger partial charge >= 0.3 is 24.1 Å². The molecule has 50 heavy (non-hydrogen) atoms. The molecule has 0 bridgehead atoms. The van der Waals surface area contributed by atoms with E-state index in [0.717, 1.165) is 5.56 Å². The number of carboxylic acids is 1. The number of ether oxygens (including phenoxy) is 3. The Balaban J connectivity index is 1.68. The third kappa shape index (κ3) is 12.9. The Morgan fingerprint density at radius 1 is 0.840 bits per heavy atom. The molecule has 14 heteroatoms. The number of carbonyl (C=O) groups is 5. The van der Waals surface area contributed by atoms with Crippen LogP contribution in [0.3, 0.4) is 0 Å². The van der Waals surface area contributed by atoms with Crippen LogP contribution in [0.1, 0.15) is 63.0 Å². The predicted octanol–water partition coefficient (Wildman–Crippen LogP) is 6.29. The van der Waals surface area contributed by atoms with E-state index in [2.05, 4.69) is 15.6 Å². The highest BCUT2D eigenvalue weighted by molar-refractivity contribution is 6.31. The van der Waals surface area contributed by atoms with Crippen molar-refractivity contribution in [2.24, 2.45) is 4.99 Å². The zero-order valence-corrected chi connectivity index (χ0v) is 29.7. The minimum Gasteiger partial charge on any atom is -0.480 e. The van der Waals surface area contributed by atoms with E-state index in [-0.39, 0.29) is 40.8 Å². The Labute approximate surface area is 295 Å². The summed E-state index contributed by atoms with van der Waals surface area (Å²) in [6.07, 6.45) is -1.75. The number of aliphatic imine (C=N–C) groups is 1. The van der Waals surface area contributed by atoms with Gasteiger partial charge in [0.05, 0.1) is 17.7 Å². The Morgan fingerprint density at radius 3 is 1.90 bits per heavy atom. The number of nitrogens with one attached hydrogen (secondary N) is 2. The molecule has 0 radical (unpaired) electrons. The zero-order valence-electron chi connectivity index (χ0n) is 28.9. The number of likely N-dealkylation sites (N-methyl/N-ethyl adjacent to an activating group) is 1. The molecule has 3 rings (SSSR count). The lowest BCUT2D eigenvalue weighted by Crippen LogP contribution is -2.47. The minimum atomic E-state index is -1.13. The first-order valence-corrected chi connectivity index (χ1v) is 15.9. The van der Waals surface area contributed by atoms with Crippen LogP contribution in [0.2, 0.25) is 5.02 Å². The van der Waals surface area contributed by atoms with Crippen molar-refractivity contribution in [1.29, 1.82) is 0 Å². The quantitative estimate of drug-likeness (QED) is 0.0999. The van der Waals surface area contributed by atoms with Crippen molar-refractivity contribution in [3.05, 3.63) is 94.5 Å². The van der Waals surface area contributed by atoms with Gasteiger partial charge in [-0.05, 0) is 89.1 Å². The number of alkyl carbamates (subject to hydrolysis) is 2. The Morgan fingerprint density at radius 2 is 1.40 bits per heavy atom. The summed E-state index contributed by atoms with van der Waals surface area (Å²) in [7, 11) is 1.43. The summed E-state index contributed by atoms with van der Waals surface area (Å²) in [6, 6.07) is 18.1. The first-order valence-electron chi connectivity index (χ1n) is 15.5. The van der Waals surface area contributed by atoms with E-state index in [9.17, 15) is 29.1 Å². The summed E-state index contributed by atoms with van der Waals surface area (Å²) in [6.45, 7) is 10.1. The van der Waals surface area contributed by atoms with Crippen LogP contribution in [-0.2, 0) is 31.9 Å². The second-order valence-electron chi connectivity index (χ2n) is 13.1.